The smallest absolute Gasteiger partial charge is 0.135 e. The van der Waals surface area contributed by atoms with Crippen LogP contribution in [0.25, 0.3) is 0 Å². The first-order chi connectivity index (χ1) is 7.41. The first-order valence-corrected chi connectivity index (χ1v) is 5.47. The number of aromatic nitrogens is 2. The highest BCUT2D eigenvalue weighted by atomic mass is 16.3. The molecule has 1 aromatic rings. The summed E-state index contributed by atoms with van der Waals surface area (Å²) in [6.07, 6.45) is -0.418. The van der Waals surface area contributed by atoms with E-state index < -0.39 is 6.10 Å². The number of aliphatic hydroxyl groups is 1. The highest BCUT2D eigenvalue weighted by molar-refractivity contribution is 5.54. The van der Waals surface area contributed by atoms with E-state index in [1.165, 1.54) is 0 Å². The Hall–Kier alpha value is -1.36. The molecule has 0 aliphatic heterocycles. The van der Waals surface area contributed by atoms with Crippen LogP contribution in [0.15, 0.2) is 0 Å². The number of hydrogen-bond acceptors (Lipinski definition) is 5. The minimum Gasteiger partial charge on any atom is -0.392 e. The summed E-state index contributed by atoms with van der Waals surface area (Å²) in [6.45, 7) is 8.07. The van der Waals surface area contributed by atoms with Gasteiger partial charge in [-0.2, -0.15) is 0 Å². The molecule has 5 heteroatoms. The van der Waals surface area contributed by atoms with E-state index in [1.807, 2.05) is 20.8 Å². The van der Waals surface area contributed by atoms with Crippen molar-refractivity contribution in [3.8, 4) is 0 Å². The normalized spacial score (nSPS) is 12.9. The van der Waals surface area contributed by atoms with E-state index in [0.29, 0.717) is 18.2 Å². The first-order valence-electron chi connectivity index (χ1n) is 5.47. The lowest BCUT2D eigenvalue weighted by Gasteiger charge is -2.14. The van der Waals surface area contributed by atoms with Crippen molar-refractivity contribution in [2.45, 2.75) is 39.7 Å². The molecule has 4 N–H and O–H groups in total. The average molecular weight is 224 g/mol. The van der Waals surface area contributed by atoms with Crippen molar-refractivity contribution < 1.29 is 5.11 Å². The predicted molar refractivity (Wildman–Crippen MR) is 65.4 cm³/mol. The molecule has 1 aromatic heterocycles. The molecule has 90 valence electrons. The number of nitrogens with one attached hydrogen (secondary N) is 1. The molecule has 1 heterocycles. The van der Waals surface area contributed by atoms with E-state index in [0.717, 1.165) is 11.4 Å². The van der Waals surface area contributed by atoms with Crippen LogP contribution in [0.2, 0.25) is 0 Å². The van der Waals surface area contributed by atoms with E-state index in [4.69, 9.17) is 5.73 Å². The summed E-state index contributed by atoms with van der Waals surface area (Å²) in [5.41, 5.74) is 6.64. The molecule has 1 unspecified atom stereocenters. The van der Waals surface area contributed by atoms with Crippen LogP contribution < -0.4 is 11.1 Å². The molecule has 1 rings (SSSR count). The van der Waals surface area contributed by atoms with Crippen LogP contribution in [0.5, 0.6) is 0 Å². The second kappa shape index (κ2) is 5.12. The molecular weight excluding hydrogens is 204 g/mol. The maximum atomic E-state index is 9.22. The van der Waals surface area contributed by atoms with E-state index >= 15 is 0 Å². The predicted octanol–water partition coefficient (Wildman–Crippen LogP) is 1.28. The number of anilines is 2. The van der Waals surface area contributed by atoms with Gasteiger partial charge in [0.2, 0.25) is 0 Å². The molecule has 0 amide bonds. The Kier molecular flexibility index (Phi) is 4.06. The van der Waals surface area contributed by atoms with E-state index in [-0.39, 0.29) is 5.92 Å². The topological polar surface area (TPSA) is 84.1 Å². The summed E-state index contributed by atoms with van der Waals surface area (Å²) in [6, 6.07) is 0. The van der Waals surface area contributed by atoms with Gasteiger partial charge in [-0.05, 0) is 13.8 Å². The Bertz CT molecular complexity index is 363. The number of rotatable bonds is 4. The monoisotopic (exact) mass is 224 g/mol. The molecule has 0 fully saturated rings. The largest absolute Gasteiger partial charge is 0.392 e. The van der Waals surface area contributed by atoms with Gasteiger partial charge < -0.3 is 16.2 Å². The standard InChI is InChI=1S/C11H20N4O/c1-6(2)10-14-9(12)8(4)11(15-10)13-5-7(3)16/h6-7,16H,5H2,1-4H3,(H3,12,13,14,15). The molecular formula is C11H20N4O. The van der Waals surface area contributed by atoms with Crippen LogP contribution in [0, 0.1) is 6.92 Å². The van der Waals surface area contributed by atoms with Crippen molar-refractivity contribution in [2.75, 3.05) is 17.6 Å². The van der Waals surface area contributed by atoms with Gasteiger partial charge in [0.25, 0.3) is 0 Å². The van der Waals surface area contributed by atoms with Gasteiger partial charge in [-0.3, -0.25) is 0 Å². The van der Waals surface area contributed by atoms with E-state index in [9.17, 15) is 5.11 Å². The zero-order valence-electron chi connectivity index (χ0n) is 10.3. The minimum atomic E-state index is -0.418. The molecule has 0 aliphatic rings. The fourth-order valence-corrected chi connectivity index (χ4v) is 1.23. The van der Waals surface area contributed by atoms with Crippen LogP contribution in [0.3, 0.4) is 0 Å². The molecule has 0 saturated carbocycles. The zero-order valence-corrected chi connectivity index (χ0v) is 10.3. The van der Waals surface area contributed by atoms with Gasteiger partial charge in [-0.25, -0.2) is 9.97 Å². The molecule has 1 atom stereocenters. The maximum absolute atomic E-state index is 9.22. The number of nitrogens with zero attached hydrogens (tertiary/aromatic N) is 2. The number of hydrogen-bond donors (Lipinski definition) is 3. The fraction of sp³-hybridized carbons (Fsp3) is 0.636. The third kappa shape index (κ3) is 3.06. The van der Waals surface area contributed by atoms with Crippen molar-refractivity contribution in [2.24, 2.45) is 0 Å². The molecule has 0 aliphatic carbocycles. The molecule has 0 aromatic carbocycles. The lowest BCUT2D eigenvalue weighted by Crippen LogP contribution is -2.18. The van der Waals surface area contributed by atoms with Gasteiger partial charge in [0, 0.05) is 18.0 Å². The summed E-state index contributed by atoms with van der Waals surface area (Å²) < 4.78 is 0. The van der Waals surface area contributed by atoms with Crippen molar-refractivity contribution in [3.05, 3.63) is 11.4 Å². The van der Waals surface area contributed by atoms with Gasteiger partial charge >= 0.3 is 0 Å². The van der Waals surface area contributed by atoms with Crippen LogP contribution in [-0.2, 0) is 0 Å². The molecule has 0 saturated heterocycles. The second-order valence-electron chi connectivity index (χ2n) is 4.33. The van der Waals surface area contributed by atoms with Gasteiger partial charge in [-0.15, -0.1) is 0 Å². The Morgan fingerprint density at radius 3 is 2.44 bits per heavy atom. The third-order valence-corrected chi connectivity index (χ3v) is 2.28. The lowest BCUT2D eigenvalue weighted by atomic mass is 10.2. The van der Waals surface area contributed by atoms with Gasteiger partial charge in [-0.1, -0.05) is 13.8 Å². The number of nitrogens with two attached hydrogens (primary N) is 1. The highest BCUT2D eigenvalue weighted by Gasteiger charge is 2.11. The summed E-state index contributed by atoms with van der Waals surface area (Å²) in [5.74, 6) is 2.15. The van der Waals surface area contributed by atoms with Crippen LogP contribution in [-0.4, -0.2) is 27.7 Å². The third-order valence-electron chi connectivity index (χ3n) is 2.28. The second-order valence-corrected chi connectivity index (χ2v) is 4.33. The molecule has 0 radical (unpaired) electrons. The molecule has 0 spiro atoms. The van der Waals surface area contributed by atoms with Crippen molar-refractivity contribution >= 4 is 11.6 Å². The summed E-state index contributed by atoms with van der Waals surface area (Å²) in [7, 11) is 0. The van der Waals surface area contributed by atoms with E-state index in [1.54, 1.807) is 6.92 Å². The summed E-state index contributed by atoms with van der Waals surface area (Å²) in [5, 5.41) is 12.3. The SMILES string of the molecule is Cc1c(N)nc(C(C)C)nc1NCC(C)O. The Morgan fingerprint density at radius 1 is 1.31 bits per heavy atom. The van der Waals surface area contributed by atoms with Crippen LogP contribution in [0.4, 0.5) is 11.6 Å². The summed E-state index contributed by atoms with van der Waals surface area (Å²) in [4.78, 5) is 8.62. The lowest BCUT2D eigenvalue weighted by molar-refractivity contribution is 0.208. The highest BCUT2D eigenvalue weighted by Crippen LogP contribution is 2.20. The quantitative estimate of drug-likeness (QED) is 0.717. The van der Waals surface area contributed by atoms with Crippen molar-refractivity contribution in [1.29, 1.82) is 0 Å². The number of nitrogen functional groups attached to an aromatic ring is 1. The summed E-state index contributed by atoms with van der Waals surface area (Å²) >= 11 is 0. The maximum Gasteiger partial charge on any atom is 0.135 e. The molecule has 16 heavy (non-hydrogen) atoms. The van der Waals surface area contributed by atoms with Gasteiger partial charge in [0.05, 0.1) is 6.10 Å². The zero-order chi connectivity index (χ0) is 12.3. The fourth-order valence-electron chi connectivity index (χ4n) is 1.23. The van der Waals surface area contributed by atoms with E-state index in [2.05, 4.69) is 15.3 Å². The van der Waals surface area contributed by atoms with Crippen molar-refractivity contribution in [3.63, 3.8) is 0 Å². The van der Waals surface area contributed by atoms with Crippen LogP contribution in [0.1, 0.15) is 38.1 Å². The van der Waals surface area contributed by atoms with Gasteiger partial charge in [0.15, 0.2) is 0 Å². The van der Waals surface area contributed by atoms with Gasteiger partial charge in [0.1, 0.15) is 17.5 Å². The molecule has 5 nitrogen and oxygen atoms in total. The van der Waals surface area contributed by atoms with Crippen molar-refractivity contribution in [1.82, 2.24) is 9.97 Å². The number of aliphatic hydroxyl groups excluding tert-OH is 1. The van der Waals surface area contributed by atoms with Crippen LogP contribution >= 0.6 is 0 Å². The Morgan fingerprint density at radius 2 is 1.94 bits per heavy atom. The molecule has 0 bridgehead atoms. The first kappa shape index (κ1) is 12.7. The Labute approximate surface area is 96.1 Å². The average Bonchev–Trinajstić information content (AvgIpc) is 2.19. The minimum absolute atomic E-state index is 0.231. The Balaban J connectivity index is 2.97.